The molecule has 0 saturated heterocycles. The number of ether oxygens (including phenoxy) is 4. The van der Waals surface area contributed by atoms with E-state index in [1.807, 2.05) is 0 Å². The summed E-state index contributed by atoms with van der Waals surface area (Å²) in [7, 11) is -9.88. The van der Waals surface area contributed by atoms with Crippen molar-refractivity contribution in [1.29, 1.82) is 0 Å². The second kappa shape index (κ2) is 64.8. The third kappa shape index (κ3) is 64.6. The van der Waals surface area contributed by atoms with Gasteiger partial charge in [-0.2, -0.15) is 0 Å². The molecule has 17 nitrogen and oxygen atoms in total. The van der Waals surface area contributed by atoms with E-state index in [9.17, 15) is 43.2 Å². The van der Waals surface area contributed by atoms with Gasteiger partial charge in [-0.15, -0.1) is 0 Å². The van der Waals surface area contributed by atoms with Gasteiger partial charge in [0.1, 0.15) is 19.3 Å². The molecular weight excluding hydrogens is 1170 g/mol. The van der Waals surface area contributed by atoms with E-state index in [0.717, 1.165) is 116 Å². The van der Waals surface area contributed by atoms with Gasteiger partial charge in [0.15, 0.2) is 12.2 Å². The van der Waals surface area contributed by atoms with Gasteiger partial charge < -0.3 is 33.8 Å². The molecule has 19 heteroatoms. The zero-order valence-electron chi connectivity index (χ0n) is 57.4. The summed E-state index contributed by atoms with van der Waals surface area (Å²) < 4.78 is 68.0. The van der Waals surface area contributed by atoms with E-state index in [4.69, 9.17) is 37.0 Å². The van der Waals surface area contributed by atoms with Crippen LogP contribution in [-0.4, -0.2) is 96.7 Å². The Kier molecular flexibility index (Phi) is 63.3. The summed E-state index contributed by atoms with van der Waals surface area (Å²) in [4.78, 5) is 72.2. The molecule has 0 radical (unpaired) electrons. The third-order valence-electron chi connectivity index (χ3n) is 16.4. The molecule has 0 aliphatic rings. The number of esters is 4. The lowest BCUT2D eigenvalue weighted by molar-refractivity contribution is -0.161. The first-order chi connectivity index (χ1) is 43.2. The highest BCUT2D eigenvalue weighted by Gasteiger charge is 2.30. The maximum atomic E-state index is 13.0. The minimum Gasteiger partial charge on any atom is -0.462 e. The minimum absolute atomic E-state index is 0.104. The van der Waals surface area contributed by atoms with E-state index in [1.165, 1.54) is 173 Å². The van der Waals surface area contributed by atoms with Crippen LogP contribution in [0, 0.1) is 0 Å². The zero-order chi connectivity index (χ0) is 65.4. The Morgan fingerprint density at radius 3 is 0.663 bits per heavy atom. The standard InChI is InChI=1S/C70H136O17P2/c1-5-9-13-17-21-23-25-27-29-31-33-35-37-39-41-45-49-53-57-70(75)87-66(61-81-68(73)55-51-47-44-40-38-36-34-32-30-28-26-24-22-18-14-10-6-2)63-85-89(78,79)83-59-64(71)58-82-88(76,77)84-62-65(86-69(74)56-52-48-43-20-16-12-8-4)60-80-67(72)54-50-46-42-19-15-11-7-3/h64-66,71H,5-63H2,1-4H3,(H,76,77)(H,78,79)/t64-,65+,66+/m0/s1. The van der Waals surface area contributed by atoms with Gasteiger partial charge in [-0.1, -0.05) is 317 Å². The van der Waals surface area contributed by atoms with Gasteiger partial charge in [-0.25, -0.2) is 9.13 Å². The van der Waals surface area contributed by atoms with Crippen LogP contribution in [-0.2, 0) is 65.4 Å². The Hall–Kier alpha value is -1.94. The first-order valence-electron chi connectivity index (χ1n) is 36.8. The maximum Gasteiger partial charge on any atom is 0.472 e. The number of phosphoric ester groups is 2. The molecule has 0 amide bonds. The van der Waals surface area contributed by atoms with Crippen LogP contribution >= 0.6 is 15.6 Å². The fourth-order valence-corrected chi connectivity index (χ4v) is 12.3. The lowest BCUT2D eigenvalue weighted by Crippen LogP contribution is -2.30. The molecule has 0 aromatic carbocycles. The van der Waals surface area contributed by atoms with Gasteiger partial charge >= 0.3 is 39.5 Å². The predicted octanol–water partition coefficient (Wildman–Crippen LogP) is 20.3. The van der Waals surface area contributed by atoms with Gasteiger partial charge in [-0.3, -0.25) is 37.3 Å². The van der Waals surface area contributed by atoms with Crippen molar-refractivity contribution in [2.24, 2.45) is 0 Å². The van der Waals surface area contributed by atoms with E-state index in [1.54, 1.807) is 0 Å². The van der Waals surface area contributed by atoms with Crippen LogP contribution in [0.1, 0.15) is 368 Å². The van der Waals surface area contributed by atoms with Crippen molar-refractivity contribution in [2.75, 3.05) is 39.6 Å². The van der Waals surface area contributed by atoms with Crippen LogP contribution in [0.2, 0.25) is 0 Å². The topological polar surface area (TPSA) is 237 Å². The Bertz CT molecular complexity index is 1710. The number of unbranched alkanes of at least 4 members (excludes halogenated alkanes) is 45. The summed E-state index contributed by atoms with van der Waals surface area (Å²) in [6.07, 6.45) is 53.1. The molecule has 0 aliphatic carbocycles. The summed E-state index contributed by atoms with van der Waals surface area (Å²) in [6, 6.07) is 0. The maximum absolute atomic E-state index is 13.0. The van der Waals surface area contributed by atoms with E-state index >= 15 is 0 Å². The molecule has 0 aliphatic heterocycles. The highest BCUT2D eigenvalue weighted by Crippen LogP contribution is 2.45. The Labute approximate surface area is 543 Å². The monoisotopic (exact) mass is 1310 g/mol. The van der Waals surface area contributed by atoms with Crippen LogP contribution in [0.3, 0.4) is 0 Å². The molecule has 0 aromatic heterocycles. The molecule has 0 fully saturated rings. The number of carbonyl (C=O) groups is 4. The third-order valence-corrected chi connectivity index (χ3v) is 18.3. The van der Waals surface area contributed by atoms with Gasteiger partial charge in [0.25, 0.3) is 0 Å². The van der Waals surface area contributed by atoms with Gasteiger partial charge in [0.2, 0.25) is 0 Å². The van der Waals surface area contributed by atoms with Crippen LogP contribution < -0.4 is 0 Å². The normalized spacial score (nSPS) is 14.0. The second-order valence-corrected chi connectivity index (χ2v) is 28.2. The second-order valence-electron chi connectivity index (χ2n) is 25.3. The number of hydrogen-bond donors (Lipinski definition) is 3. The van der Waals surface area contributed by atoms with Crippen molar-refractivity contribution in [2.45, 2.75) is 386 Å². The van der Waals surface area contributed by atoms with Gasteiger partial charge in [0, 0.05) is 25.7 Å². The Morgan fingerprint density at radius 1 is 0.270 bits per heavy atom. The molecule has 0 bridgehead atoms. The lowest BCUT2D eigenvalue weighted by atomic mass is 10.0. The summed E-state index contributed by atoms with van der Waals surface area (Å²) >= 11 is 0. The number of aliphatic hydroxyl groups excluding tert-OH is 1. The molecule has 89 heavy (non-hydrogen) atoms. The smallest absolute Gasteiger partial charge is 0.462 e. The van der Waals surface area contributed by atoms with Gasteiger partial charge in [0.05, 0.1) is 26.4 Å². The van der Waals surface area contributed by atoms with Crippen LogP contribution in [0.5, 0.6) is 0 Å². The van der Waals surface area contributed by atoms with Crippen molar-refractivity contribution < 1.29 is 80.2 Å². The summed E-state index contributed by atoms with van der Waals surface area (Å²) in [5, 5.41) is 10.5. The Balaban J connectivity index is 5.13. The van der Waals surface area contributed by atoms with Crippen LogP contribution in [0.25, 0.3) is 0 Å². The highest BCUT2D eigenvalue weighted by molar-refractivity contribution is 7.47. The molecule has 0 aromatic rings. The molecular formula is C70H136O17P2. The average molecular weight is 1310 g/mol. The molecule has 5 atom stereocenters. The van der Waals surface area contributed by atoms with Crippen molar-refractivity contribution in [3.63, 3.8) is 0 Å². The number of phosphoric acid groups is 2. The number of rotatable bonds is 71. The molecule has 0 rings (SSSR count). The SMILES string of the molecule is CCCCCCCCCCCCCCCCCCCCC(=O)O[C@H](COC(=O)CCCCCCCCCCCCCCCCCCC)COP(=O)(O)OC[C@@H](O)COP(=O)(O)OC[C@@H](COC(=O)CCCCCCCCC)OC(=O)CCCCCCCCC. The molecule has 0 heterocycles. The Morgan fingerprint density at radius 2 is 0.449 bits per heavy atom. The number of carbonyl (C=O) groups excluding carboxylic acids is 4. The molecule has 3 N–H and O–H groups in total. The zero-order valence-corrected chi connectivity index (χ0v) is 59.2. The van der Waals surface area contributed by atoms with Crippen molar-refractivity contribution in [1.82, 2.24) is 0 Å². The number of hydrogen-bond acceptors (Lipinski definition) is 15. The minimum atomic E-state index is -4.95. The first kappa shape index (κ1) is 87.1. The number of aliphatic hydroxyl groups is 1. The molecule has 528 valence electrons. The van der Waals surface area contributed by atoms with E-state index in [-0.39, 0.29) is 25.7 Å². The van der Waals surface area contributed by atoms with Gasteiger partial charge in [-0.05, 0) is 25.7 Å². The fraction of sp³-hybridized carbons (Fsp3) is 0.943. The van der Waals surface area contributed by atoms with Crippen LogP contribution in [0.4, 0.5) is 0 Å². The predicted molar refractivity (Wildman–Crippen MR) is 359 cm³/mol. The van der Waals surface area contributed by atoms with E-state index in [2.05, 4.69) is 27.7 Å². The summed E-state index contributed by atoms with van der Waals surface area (Å²) in [5.74, 6) is -2.13. The van der Waals surface area contributed by atoms with E-state index in [0.29, 0.717) is 25.7 Å². The lowest BCUT2D eigenvalue weighted by Gasteiger charge is -2.21. The highest BCUT2D eigenvalue weighted by atomic mass is 31.2. The molecule has 2 unspecified atom stereocenters. The summed E-state index contributed by atoms with van der Waals surface area (Å²) in [5.41, 5.74) is 0. The van der Waals surface area contributed by atoms with Crippen molar-refractivity contribution in [3.05, 3.63) is 0 Å². The first-order valence-corrected chi connectivity index (χ1v) is 39.8. The summed E-state index contributed by atoms with van der Waals surface area (Å²) in [6.45, 7) is 4.86. The fourth-order valence-electron chi connectivity index (χ4n) is 10.7. The molecule has 0 spiro atoms. The largest absolute Gasteiger partial charge is 0.472 e. The molecule has 0 saturated carbocycles. The van der Waals surface area contributed by atoms with Crippen molar-refractivity contribution >= 4 is 39.5 Å². The quantitative estimate of drug-likeness (QED) is 0.0222. The van der Waals surface area contributed by atoms with Crippen LogP contribution in [0.15, 0.2) is 0 Å². The van der Waals surface area contributed by atoms with E-state index < -0.39 is 97.5 Å². The average Bonchev–Trinajstić information content (AvgIpc) is 3.52. The van der Waals surface area contributed by atoms with Crippen molar-refractivity contribution in [3.8, 4) is 0 Å².